The highest BCUT2D eigenvalue weighted by Crippen LogP contribution is 2.36. The fraction of sp³-hybridized carbons (Fsp3) is 0.200. The largest absolute Gasteiger partial charge is 0.506 e. The number of benzene rings is 2. The Bertz CT molecular complexity index is 1490. The zero-order valence-corrected chi connectivity index (χ0v) is 19.4. The van der Waals surface area contributed by atoms with Gasteiger partial charge in [-0.1, -0.05) is 17.7 Å². The number of carbonyl (C=O) groups is 2. The van der Waals surface area contributed by atoms with Gasteiger partial charge in [-0.15, -0.1) is 0 Å². The molecule has 0 aliphatic heterocycles. The molecule has 11 heteroatoms. The maximum Gasteiger partial charge on any atom is 0.417 e. The summed E-state index contributed by atoms with van der Waals surface area (Å²) in [6, 6.07) is 8.99. The summed E-state index contributed by atoms with van der Waals surface area (Å²) in [6.45, 7) is 0. The second-order valence-electron chi connectivity index (χ2n) is 8.62. The van der Waals surface area contributed by atoms with Crippen LogP contribution in [0, 0.1) is 0 Å². The summed E-state index contributed by atoms with van der Waals surface area (Å²) < 4.78 is 40.7. The van der Waals surface area contributed by atoms with Gasteiger partial charge in [-0.05, 0) is 61.2 Å². The minimum atomic E-state index is -4.64. The van der Waals surface area contributed by atoms with E-state index < -0.39 is 22.8 Å². The first-order valence-electron chi connectivity index (χ1n) is 11.1. The number of aryl methyl sites for hydroxylation is 1. The van der Waals surface area contributed by atoms with Crippen molar-refractivity contribution in [3.63, 3.8) is 0 Å². The highest BCUT2D eigenvalue weighted by molar-refractivity contribution is 6.31. The molecule has 0 bridgehead atoms. The minimum Gasteiger partial charge on any atom is -0.506 e. The molecule has 0 saturated carbocycles. The van der Waals surface area contributed by atoms with Crippen LogP contribution in [0.3, 0.4) is 0 Å². The van der Waals surface area contributed by atoms with E-state index in [1.54, 1.807) is 12.1 Å². The third-order valence-corrected chi connectivity index (χ3v) is 6.55. The molecule has 2 heterocycles. The fourth-order valence-electron chi connectivity index (χ4n) is 4.60. The molecule has 0 fully saturated rings. The number of aromatic nitrogens is 2. The molecule has 5 rings (SSSR count). The van der Waals surface area contributed by atoms with Crippen molar-refractivity contribution in [1.82, 2.24) is 14.9 Å². The average molecular weight is 517 g/mol. The maximum absolute atomic E-state index is 13.1. The Labute approximate surface area is 207 Å². The highest BCUT2D eigenvalue weighted by Gasteiger charge is 2.33. The van der Waals surface area contributed by atoms with Crippen molar-refractivity contribution in [2.45, 2.75) is 31.5 Å². The second-order valence-corrected chi connectivity index (χ2v) is 9.03. The van der Waals surface area contributed by atoms with Gasteiger partial charge in [0.05, 0.1) is 16.8 Å². The molecule has 2 aromatic heterocycles. The Kier molecular flexibility index (Phi) is 5.91. The molecule has 186 valence electrons. The monoisotopic (exact) mass is 516 g/mol. The number of hydrogen-bond acceptors (Lipinski definition) is 3. The van der Waals surface area contributed by atoms with Crippen molar-refractivity contribution in [1.29, 1.82) is 0 Å². The molecule has 4 N–H and O–H groups in total. The molecule has 1 atom stereocenters. The number of nitrogens with one attached hydrogen (secondary N) is 3. The summed E-state index contributed by atoms with van der Waals surface area (Å²) in [5.74, 6) is -0.330. The van der Waals surface area contributed by atoms with Gasteiger partial charge in [-0.3, -0.25) is 9.36 Å². The lowest BCUT2D eigenvalue weighted by molar-refractivity contribution is -0.137. The summed E-state index contributed by atoms with van der Waals surface area (Å²) in [5.41, 5.74) is 2.03. The zero-order chi connectivity index (χ0) is 25.6. The van der Waals surface area contributed by atoms with Crippen LogP contribution in [0.25, 0.3) is 10.9 Å². The fourth-order valence-corrected chi connectivity index (χ4v) is 4.83. The van der Waals surface area contributed by atoms with E-state index in [2.05, 4.69) is 15.6 Å². The summed E-state index contributed by atoms with van der Waals surface area (Å²) in [7, 11) is 0. The quantitative estimate of drug-likeness (QED) is 0.280. The van der Waals surface area contributed by atoms with Crippen molar-refractivity contribution >= 4 is 40.1 Å². The highest BCUT2D eigenvalue weighted by atomic mass is 35.5. The molecule has 1 unspecified atom stereocenters. The number of fused-ring (bicyclic) bond motifs is 3. The zero-order valence-electron chi connectivity index (χ0n) is 18.6. The number of hydrogen-bond donors (Lipinski definition) is 4. The number of halogens is 4. The van der Waals surface area contributed by atoms with Crippen LogP contribution in [0.4, 0.5) is 23.7 Å². The molecule has 0 saturated heterocycles. The Morgan fingerprint density at radius 2 is 1.97 bits per heavy atom. The molecule has 7 nitrogen and oxygen atoms in total. The van der Waals surface area contributed by atoms with E-state index in [1.165, 1.54) is 29.1 Å². The number of H-pyrrole nitrogens is 1. The Hall–Kier alpha value is -3.92. The van der Waals surface area contributed by atoms with Gasteiger partial charge in [0.15, 0.2) is 0 Å². The minimum absolute atomic E-state index is 0.0232. The normalized spacial score (nSPS) is 15.5. The van der Waals surface area contributed by atoms with Gasteiger partial charge in [0.1, 0.15) is 5.75 Å². The van der Waals surface area contributed by atoms with Gasteiger partial charge in [-0.2, -0.15) is 13.2 Å². The number of urea groups is 1. The van der Waals surface area contributed by atoms with Crippen LogP contribution in [-0.4, -0.2) is 32.6 Å². The first-order valence-corrected chi connectivity index (χ1v) is 11.5. The van der Waals surface area contributed by atoms with Crippen LogP contribution in [0.1, 0.15) is 33.6 Å². The van der Waals surface area contributed by atoms with Crippen LogP contribution >= 0.6 is 11.6 Å². The standard InChI is InChI=1S/C25H20ClF3N4O3/c26-19-6-4-14(11-18(19)25(27,28)29)31-24(36)30-13-5-7-20-17(10-13)22-16(2-1-3-21(22)32-20)23(35)33-9-8-15(34)12-33/h1-4,6,8-9,11-13,32,34H,5,7,10H2,(H2,30,31,36). The molecular formula is C25H20ClF3N4O3. The predicted molar refractivity (Wildman–Crippen MR) is 129 cm³/mol. The first kappa shape index (κ1) is 23.8. The van der Waals surface area contributed by atoms with Crippen molar-refractivity contribution in [2.24, 2.45) is 0 Å². The van der Waals surface area contributed by atoms with Gasteiger partial charge in [-0.25, -0.2) is 4.79 Å². The average Bonchev–Trinajstić information content (AvgIpc) is 3.42. The van der Waals surface area contributed by atoms with Gasteiger partial charge < -0.3 is 20.7 Å². The summed E-state index contributed by atoms with van der Waals surface area (Å²) in [5, 5.41) is 15.2. The number of aromatic amines is 1. The van der Waals surface area contributed by atoms with Crippen LogP contribution < -0.4 is 10.6 Å². The summed E-state index contributed by atoms with van der Waals surface area (Å²) >= 11 is 5.64. The summed E-state index contributed by atoms with van der Waals surface area (Å²) in [4.78, 5) is 29.0. The third kappa shape index (κ3) is 4.51. The number of anilines is 1. The van der Waals surface area contributed by atoms with Gasteiger partial charge in [0.25, 0.3) is 5.91 Å². The molecule has 1 aliphatic carbocycles. The van der Waals surface area contributed by atoms with Crippen molar-refractivity contribution in [3.8, 4) is 5.75 Å². The number of nitrogens with zero attached hydrogens (tertiary/aromatic N) is 1. The number of alkyl halides is 3. The first-order chi connectivity index (χ1) is 17.1. The molecule has 0 radical (unpaired) electrons. The Morgan fingerprint density at radius 3 is 2.69 bits per heavy atom. The van der Waals surface area contributed by atoms with E-state index in [1.807, 2.05) is 6.07 Å². The lowest BCUT2D eigenvalue weighted by Gasteiger charge is -2.24. The SMILES string of the molecule is O=C(Nc1ccc(Cl)c(C(F)(F)F)c1)NC1CCc2[nH]c3cccc(C(=O)n4ccc(O)c4)c3c2C1. The van der Waals surface area contributed by atoms with E-state index >= 15 is 0 Å². The van der Waals surface area contributed by atoms with Crippen molar-refractivity contribution < 1.29 is 27.9 Å². The second kappa shape index (κ2) is 8.94. The Balaban J connectivity index is 1.36. The molecule has 0 spiro atoms. The number of amides is 2. The predicted octanol–water partition coefficient (Wildman–Crippen LogP) is 5.71. The van der Waals surface area contributed by atoms with Crippen LogP contribution in [0.15, 0.2) is 54.9 Å². The third-order valence-electron chi connectivity index (χ3n) is 6.22. The van der Waals surface area contributed by atoms with Gasteiger partial charge in [0.2, 0.25) is 0 Å². The lowest BCUT2D eigenvalue weighted by atomic mass is 9.90. The van der Waals surface area contributed by atoms with E-state index in [-0.39, 0.29) is 23.4 Å². The summed E-state index contributed by atoms with van der Waals surface area (Å²) in [6.07, 6.45) is -0.184. The molecule has 1 aliphatic rings. The van der Waals surface area contributed by atoms with E-state index in [0.29, 0.717) is 24.8 Å². The van der Waals surface area contributed by atoms with E-state index in [0.717, 1.165) is 34.3 Å². The van der Waals surface area contributed by atoms with Gasteiger partial charge >= 0.3 is 12.2 Å². The number of aromatic hydroxyl groups is 1. The van der Waals surface area contributed by atoms with E-state index in [4.69, 9.17) is 11.6 Å². The molecule has 2 aromatic carbocycles. The number of rotatable bonds is 3. The topological polar surface area (TPSA) is 99.2 Å². The van der Waals surface area contributed by atoms with Crippen LogP contribution in [0.2, 0.25) is 5.02 Å². The number of carbonyl (C=O) groups excluding carboxylic acids is 2. The van der Waals surface area contributed by atoms with Crippen LogP contribution in [0.5, 0.6) is 5.75 Å². The van der Waals surface area contributed by atoms with E-state index in [9.17, 15) is 27.9 Å². The lowest BCUT2D eigenvalue weighted by Crippen LogP contribution is -2.41. The Morgan fingerprint density at radius 1 is 1.17 bits per heavy atom. The molecule has 36 heavy (non-hydrogen) atoms. The molecule has 4 aromatic rings. The van der Waals surface area contributed by atoms with Crippen molar-refractivity contribution in [3.05, 3.63) is 82.3 Å². The molecular weight excluding hydrogens is 497 g/mol. The van der Waals surface area contributed by atoms with Crippen LogP contribution in [-0.2, 0) is 19.0 Å². The smallest absolute Gasteiger partial charge is 0.417 e. The molecule has 2 amide bonds. The van der Waals surface area contributed by atoms with Gasteiger partial charge in [0, 0.05) is 40.1 Å². The van der Waals surface area contributed by atoms with Crippen molar-refractivity contribution in [2.75, 3.05) is 5.32 Å². The maximum atomic E-state index is 13.1.